The van der Waals surface area contributed by atoms with E-state index in [1.54, 1.807) is 36.7 Å². The van der Waals surface area contributed by atoms with Crippen molar-refractivity contribution in [1.29, 1.82) is 0 Å². The number of imidazole rings is 1. The summed E-state index contributed by atoms with van der Waals surface area (Å²) in [5, 5.41) is 2.71. The van der Waals surface area contributed by atoms with Crippen molar-refractivity contribution in [2.24, 2.45) is 0 Å². The molecule has 126 valence electrons. The molecule has 1 amide bonds. The van der Waals surface area contributed by atoms with E-state index < -0.39 is 5.97 Å². The van der Waals surface area contributed by atoms with Crippen molar-refractivity contribution in [2.75, 3.05) is 19.8 Å². The van der Waals surface area contributed by atoms with E-state index in [4.69, 9.17) is 9.47 Å². The lowest BCUT2D eigenvalue weighted by molar-refractivity contribution is -0.124. The van der Waals surface area contributed by atoms with Gasteiger partial charge in [0.1, 0.15) is 5.82 Å². The molecule has 1 saturated heterocycles. The summed E-state index contributed by atoms with van der Waals surface area (Å²) in [6, 6.07) is 6.83. The van der Waals surface area contributed by atoms with Crippen molar-refractivity contribution in [2.45, 2.75) is 18.9 Å². The average Bonchev–Trinajstić information content (AvgIpc) is 3.31. The summed E-state index contributed by atoms with van der Waals surface area (Å²) in [5.74, 6) is -0.136. The smallest absolute Gasteiger partial charge is 0.338 e. The number of ether oxygens (including phenoxy) is 2. The second-order valence-electron chi connectivity index (χ2n) is 5.53. The molecule has 0 saturated carbocycles. The molecule has 1 aromatic carbocycles. The van der Waals surface area contributed by atoms with Gasteiger partial charge >= 0.3 is 5.97 Å². The van der Waals surface area contributed by atoms with Crippen LogP contribution in [-0.2, 0) is 14.3 Å². The summed E-state index contributed by atoms with van der Waals surface area (Å²) >= 11 is 0. The van der Waals surface area contributed by atoms with Crippen molar-refractivity contribution in [3.8, 4) is 11.4 Å². The number of H-pyrrole nitrogens is 1. The maximum absolute atomic E-state index is 12.0. The van der Waals surface area contributed by atoms with Crippen LogP contribution in [0.15, 0.2) is 36.7 Å². The summed E-state index contributed by atoms with van der Waals surface area (Å²) in [6.07, 6.45) is 5.42. The van der Waals surface area contributed by atoms with Gasteiger partial charge in [0.05, 0.1) is 11.7 Å². The lowest BCUT2D eigenvalue weighted by Gasteiger charge is -2.11. The van der Waals surface area contributed by atoms with E-state index in [9.17, 15) is 9.59 Å². The Labute approximate surface area is 139 Å². The number of aromatic amines is 1. The molecular weight excluding hydrogens is 310 g/mol. The zero-order chi connectivity index (χ0) is 16.8. The lowest BCUT2D eigenvalue weighted by Crippen LogP contribution is -2.34. The third kappa shape index (κ3) is 4.20. The zero-order valence-corrected chi connectivity index (χ0v) is 13.2. The summed E-state index contributed by atoms with van der Waals surface area (Å²) in [6.45, 7) is 0.892. The molecule has 0 spiro atoms. The predicted molar refractivity (Wildman–Crippen MR) is 86.3 cm³/mol. The Morgan fingerprint density at radius 2 is 2.17 bits per heavy atom. The Morgan fingerprint density at radius 1 is 1.33 bits per heavy atom. The van der Waals surface area contributed by atoms with Crippen LogP contribution in [0, 0.1) is 0 Å². The standard InChI is InChI=1S/C17H19N3O4/c21-15(20-10-14-2-1-9-23-14)11-24-17(22)13-5-3-12(4-6-13)16-18-7-8-19-16/h3-8,14H,1-2,9-11H2,(H,18,19)(H,20,21). The molecule has 1 aromatic heterocycles. The van der Waals surface area contributed by atoms with E-state index in [0.29, 0.717) is 12.1 Å². The van der Waals surface area contributed by atoms with Crippen molar-refractivity contribution >= 4 is 11.9 Å². The van der Waals surface area contributed by atoms with E-state index in [1.165, 1.54) is 0 Å². The van der Waals surface area contributed by atoms with Crippen LogP contribution in [0.3, 0.4) is 0 Å². The van der Waals surface area contributed by atoms with Crippen LogP contribution in [0.1, 0.15) is 23.2 Å². The average molecular weight is 329 g/mol. The lowest BCUT2D eigenvalue weighted by atomic mass is 10.1. The van der Waals surface area contributed by atoms with Crippen molar-refractivity contribution in [3.63, 3.8) is 0 Å². The molecular formula is C17H19N3O4. The molecule has 2 N–H and O–H groups in total. The molecule has 7 nitrogen and oxygen atoms in total. The minimum atomic E-state index is -0.534. The van der Waals surface area contributed by atoms with Gasteiger partial charge in [-0.15, -0.1) is 0 Å². The van der Waals surface area contributed by atoms with Crippen LogP contribution in [0.5, 0.6) is 0 Å². The van der Waals surface area contributed by atoms with Crippen LogP contribution >= 0.6 is 0 Å². The molecule has 24 heavy (non-hydrogen) atoms. The van der Waals surface area contributed by atoms with Gasteiger partial charge in [-0.3, -0.25) is 4.79 Å². The van der Waals surface area contributed by atoms with E-state index in [-0.39, 0.29) is 18.6 Å². The molecule has 1 unspecified atom stereocenters. The minimum absolute atomic E-state index is 0.0683. The first-order valence-corrected chi connectivity index (χ1v) is 7.87. The first kappa shape index (κ1) is 16.2. The Bertz CT molecular complexity index is 676. The van der Waals surface area contributed by atoms with E-state index in [1.807, 2.05) is 0 Å². The Hall–Kier alpha value is -2.67. The van der Waals surface area contributed by atoms with Gasteiger partial charge < -0.3 is 19.8 Å². The summed E-state index contributed by atoms with van der Waals surface area (Å²) in [5.41, 5.74) is 1.25. The number of carbonyl (C=O) groups is 2. The number of hydrogen-bond acceptors (Lipinski definition) is 5. The molecule has 0 radical (unpaired) electrons. The predicted octanol–water partition coefficient (Wildman–Crippen LogP) is 1.53. The summed E-state index contributed by atoms with van der Waals surface area (Å²) < 4.78 is 10.4. The zero-order valence-electron chi connectivity index (χ0n) is 13.2. The largest absolute Gasteiger partial charge is 0.452 e. The van der Waals surface area contributed by atoms with Crippen molar-refractivity contribution in [3.05, 3.63) is 42.2 Å². The van der Waals surface area contributed by atoms with E-state index >= 15 is 0 Å². The third-order valence-corrected chi connectivity index (χ3v) is 3.78. The number of nitrogens with one attached hydrogen (secondary N) is 2. The molecule has 2 aromatic rings. The molecule has 2 heterocycles. The van der Waals surface area contributed by atoms with Gasteiger partial charge in [0.15, 0.2) is 6.61 Å². The third-order valence-electron chi connectivity index (χ3n) is 3.78. The van der Waals surface area contributed by atoms with Crippen LogP contribution in [0.25, 0.3) is 11.4 Å². The number of hydrogen-bond donors (Lipinski definition) is 2. The minimum Gasteiger partial charge on any atom is -0.452 e. The Morgan fingerprint density at radius 3 is 2.83 bits per heavy atom. The molecule has 1 aliphatic rings. The Balaban J connectivity index is 1.45. The second-order valence-corrected chi connectivity index (χ2v) is 5.53. The Kier molecular flexibility index (Phi) is 5.22. The second kappa shape index (κ2) is 7.74. The monoisotopic (exact) mass is 329 g/mol. The van der Waals surface area contributed by atoms with Crippen molar-refractivity contribution < 1.29 is 19.1 Å². The van der Waals surface area contributed by atoms with Crippen LogP contribution in [0.2, 0.25) is 0 Å². The first-order valence-electron chi connectivity index (χ1n) is 7.87. The van der Waals surface area contributed by atoms with Crippen LogP contribution in [-0.4, -0.2) is 47.7 Å². The van der Waals surface area contributed by atoms with Gasteiger partial charge in [-0.25, -0.2) is 9.78 Å². The fraction of sp³-hybridized carbons (Fsp3) is 0.353. The molecule has 1 aliphatic heterocycles. The van der Waals surface area contributed by atoms with Gasteiger partial charge in [0.2, 0.25) is 0 Å². The molecule has 7 heteroatoms. The number of nitrogens with zero attached hydrogens (tertiary/aromatic N) is 1. The number of rotatable bonds is 6. The van der Waals surface area contributed by atoms with E-state index in [0.717, 1.165) is 30.8 Å². The molecule has 3 rings (SSSR count). The number of benzene rings is 1. The van der Waals surface area contributed by atoms with Gasteiger partial charge in [-0.05, 0) is 25.0 Å². The molecule has 1 fully saturated rings. The first-order chi connectivity index (χ1) is 11.7. The number of amides is 1. The van der Waals surface area contributed by atoms with Crippen LogP contribution in [0.4, 0.5) is 0 Å². The fourth-order valence-electron chi connectivity index (χ4n) is 2.49. The highest BCUT2D eigenvalue weighted by Crippen LogP contribution is 2.15. The van der Waals surface area contributed by atoms with E-state index in [2.05, 4.69) is 15.3 Å². The summed E-state index contributed by atoms with van der Waals surface area (Å²) in [7, 11) is 0. The quantitative estimate of drug-likeness (QED) is 0.784. The topological polar surface area (TPSA) is 93.3 Å². The van der Waals surface area contributed by atoms with Crippen LogP contribution < -0.4 is 5.32 Å². The highest BCUT2D eigenvalue weighted by atomic mass is 16.5. The fourth-order valence-corrected chi connectivity index (χ4v) is 2.49. The SMILES string of the molecule is O=C(COC(=O)c1ccc(-c2ncc[nH]2)cc1)NCC1CCCO1. The highest BCUT2D eigenvalue weighted by molar-refractivity contribution is 5.91. The highest BCUT2D eigenvalue weighted by Gasteiger charge is 2.17. The van der Waals surface area contributed by atoms with Gasteiger partial charge in [0, 0.05) is 31.1 Å². The summed E-state index contributed by atoms with van der Waals surface area (Å²) in [4.78, 5) is 30.8. The molecule has 0 aliphatic carbocycles. The number of carbonyl (C=O) groups excluding carboxylic acids is 2. The molecule has 1 atom stereocenters. The van der Waals surface area contributed by atoms with Gasteiger partial charge in [-0.1, -0.05) is 12.1 Å². The van der Waals surface area contributed by atoms with Crippen molar-refractivity contribution in [1.82, 2.24) is 15.3 Å². The normalized spacial score (nSPS) is 16.8. The maximum atomic E-state index is 12.0. The van der Waals surface area contributed by atoms with Gasteiger partial charge in [0.25, 0.3) is 5.91 Å². The number of aromatic nitrogens is 2. The maximum Gasteiger partial charge on any atom is 0.338 e. The van der Waals surface area contributed by atoms with Gasteiger partial charge in [-0.2, -0.15) is 0 Å². The number of esters is 1. The molecule has 0 bridgehead atoms.